The summed E-state index contributed by atoms with van der Waals surface area (Å²) >= 11 is 0. The van der Waals surface area contributed by atoms with Crippen LogP contribution in [0.2, 0.25) is 0 Å². The second-order valence-electron chi connectivity index (χ2n) is 5.11. The molecule has 2 rings (SSSR count). The lowest BCUT2D eigenvalue weighted by Gasteiger charge is -2.12. The molecule has 2 amide bonds. The van der Waals surface area contributed by atoms with E-state index in [0.717, 1.165) is 0 Å². The summed E-state index contributed by atoms with van der Waals surface area (Å²) in [5, 5.41) is 12.7. The van der Waals surface area contributed by atoms with Gasteiger partial charge in [-0.1, -0.05) is 13.8 Å². The standard InChI is InChI=1S/C13H17FN4O2.2H2/c1-6(2)7-5-10(16-12(19)8-4-9(8)14)17-18-11(7)13(20)15-3;;/h5-6,8-9H,4H2,1-3H3,(H,15,20)(H,16,17,19);2*1H. The van der Waals surface area contributed by atoms with Crippen LogP contribution in [-0.2, 0) is 4.79 Å². The third kappa shape index (κ3) is 2.92. The summed E-state index contributed by atoms with van der Waals surface area (Å²) in [6.45, 7) is 3.82. The Bertz CT molecular complexity index is 557. The average Bonchev–Trinajstić information content (AvgIpc) is 3.15. The number of amides is 2. The van der Waals surface area contributed by atoms with Gasteiger partial charge in [0.25, 0.3) is 5.91 Å². The van der Waals surface area contributed by atoms with Gasteiger partial charge in [-0.15, -0.1) is 10.2 Å². The summed E-state index contributed by atoms with van der Waals surface area (Å²) in [7, 11) is 1.51. The first-order chi connectivity index (χ1) is 9.43. The monoisotopic (exact) mass is 284 g/mol. The Hall–Kier alpha value is -2.05. The van der Waals surface area contributed by atoms with Crippen molar-refractivity contribution in [3.63, 3.8) is 0 Å². The Balaban J connectivity index is 0.00000220. The molecule has 1 heterocycles. The van der Waals surface area contributed by atoms with Crippen molar-refractivity contribution in [1.29, 1.82) is 0 Å². The Morgan fingerprint density at radius 3 is 2.60 bits per heavy atom. The highest BCUT2D eigenvalue weighted by atomic mass is 19.1. The highest BCUT2D eigenvalue weighted by Crippen LogP contribution is 2.34. The van der Waals surface area contributed by atoms with Crippen LogP contribution >= 0.6 is 0 Å². The molecule has 1 aromatic heterocycles. The van der Waals surface area contributed by atoms with Crippen LogP contribution in [0.5, 0.6) is 0 Å². The van der Waals surface area contributed by atoms with Crippen LogP contribution < -0.4 is 10.6 Å². The van der Waals surface area contributed by atoms with E-state index in [-0.39, 0.29) is 32.6 Å². The van der Waals surface area contributed by atoms with Gasteiger partial charge >= 0.3 is 0 Å². The van der Waals surface area contributed by atoms with E-state index in [0.29, 0.717) is 5.56 Å². The van der Waals surface area contributed by atoms with Crippen LogP contribution in [0, 0.1) is 5.92 Å². The third-order valence-electron chi connectivity index (χ3n) is 3.19. The average molecular weight is 284 g/mol. The zero-order valence-electron chi connectivity index (χ0n) is 11.6. The molecule has 2 atom stereocenters. The van der Waals surface area contributed by atoms with E-state index in [9.17, 15) is 14.0 Å². The zero-order chi connectivity index (χ0) is 14.9. The summed E-state index contributed by atoms with van der Waals surface area (Å²) in [6, 6.07) is 1.61. The third-order valence-corrected chi connectivity index (χ3v) is 3.19. The number of hydrogen-bond acceptors (Lipinski definition) is 4. The van der Waals surface area contributed by atoms with Crippen molar-refractivity contribution < 1.29 is 16.8 Å². The number of nitrogens with zero attached hydrogens (tertiary/aromatic N) is 2. The van der Waals surface area contributed by atoms with E-state index < -0.39 is 18.0 Å². The Labute approximate surface area is 119 Å². The fraction of sp³-hybridized carbons (Fsp3) is 0.538. The first-order valence-corrected chi connectivity index (χ1v) is 6.48. The molecular formula is C13H21FN4O2. The van der Waals surface area contributed by atoms with Gasteiger partial charge in [0.2, 0.25) is 5.91 Å². The molecule has 0 spiro atoms. The highest BCUT2D eigenvalue weighted by Gasteiger charge is 2.43. The predicted octanol–water partition coefficient (Wildman–Crippen LogP) is 1.75. The molecule has 0 aliphatic heterocycles. The highest BCUT2D eigenvalue weighted by molar-refractivity contribution is 5.96. The van der Waals surface area contributed by atoms with Gasteiger partial charge < -0.3 is 10.6 Å². The SMILES string of the molecule is CNC(=O)c1nnc(NC(=O)C2CC2F)cc1C(C)C.[HH].[HH]. The van der Waals surface area contributed by atoms with Gasteiger partial charge in [0.15, 0.2) is 11.5 Å². The van der Waals surface area contributed by atoms with Gasteiger partial charge in [-0.25, -0.2) is 4.39 Å². The van der Waals surface area contributed by atoms with Crippen LogP contribution in [0.15, 0.2) is 6.07 Å². The van der Waals surface area contributed by atoms with Gasteiger partial charge in [-0.2, -0.15) is 0 Å². The van der Waals surface area contributed by atoms with Crippen molar-refractivity contribution >= 4 is 17.6 Å². The summed E-state index contributed by atoms with van der Waals surface area (Å²) in [4.78, 5) is 23.3. The minimum atomic E-state index is -1.06. The number of carbonyl (C=O) groups excluding carboxylic acids is 2. The maximum Gasteiger partial charge on any atom is 0.271 e. The predicted molar refractivity (Wildman–Crippen MR) is 75.4 cm³/mol. The molecule has 112 valence electrons. The molecule has 1 aromatic rings. The smallest absolute Gasteiger partial charge is 0.271 e. The molecule has 2 N–H and O–H groups in total. The van der Waals surface area contributed by atoms with Crippen LogP contribution in [0.3, 0.4) is 0 Å². The van der Waals surface area contributed by atoms with E-state index in [1.165, 1.54) is 7.05 Å². The minimum absolute atomic E-state index is 0. The summed E-state index contributed by atoms with van der Waals surface area (Å²) in [5.41, 5.74) is 0.914. The number of nitrogens with one attached hydrogen (secondary N) is 2. The quantitative estimate of drug-likeness (QED) is 0.882. The van der Waals surface area contributed by atoms with E-state index >= 15 is 0 Å². The maximum absolute atomic E-state index is 12.8. The maximum atomic E-state index is 12.8. The number of anilines is 1. The Kier molecular flexibility index (Phi) is 3.96. The molecule has 1 aliphatic carbocycles. The number of alkyl halides is 1. The molecule has 20 heavy (non-hydrogen) atoms. The lowest BCUT2D eigenvalue weighted by Crippen LogP contribution is -2.23. The van der Waals surface area contributed by atoms with Crippen molar-refractivity contribution in [2.45, 2.75) is 32.4 Å². The van der Waals surface area contributed by atoms with Gasteiger partial charge in [-0.3, -0.25) is 9.59 Å². The lowest BCUT2D eigenvalue weighted by molar-refractivity contribution is -0.117. The van der Waals surface area contributed by atoms with E-state index in [2.05, 4.69) is 20.8 Å². The van der Waals surface area contributed by atoms with Gasteiger partial charge in [0.05, 0.1) is 5.92 Å². The van der Waals surface area contributed by atoms with Crippen molar-refractivity contribution in [1.82, 2.24) is 15.5 Å². The fourth-order valence-electron chi connectivity index (χ4n) is 1.86. The molecule has 2 unspecified atom stereocenters. The molecule has 0 aromatic carbocycles. The lowest BCUT2D eigenvalue weighted by atomic mass is 10.0. The van der Waals surface area contributed by atoms with Crippen LogP contribution in [0.25, 0.3) is 0 Å². The zero-order valence-corrected chi connectivity index (χ0v) is 11.6. The Morgan fingerprint density at radius 2 is 2.10 bits per heavy atom. The van der Waals surface area contributed by atoms with E-state index in [4.69, 9.17) is 0 Å². The molecule has 0 radical (unpaired) electrons. The van der Waals surface area contributed by atoms with Crippen molar-refractivity contribution in [2.75, 3.05) is 12.4 Å². The van der Waals surface area contributed by atoms with Gasteiger partial charge in [0, 0.05) is 9.90 Å². The topological polar surface area (TPSA) is 84.0 Å². The van der Waals surface area contributed by atoms with Crippen molar-refractivity contribution in [2.24, 2.45) is 5.92 Å². The van der Waals surface area contributed by atoms with Gasteiger partial charge in [-0.05, 0) is 24.0 Å². The number of hydrogen-bond donors (Lipinski definition) is 2. The largest absolute Gasteiger partial charge is 0.354 e. The number of carbonyl (C=O) groups is 2. The number of rotatable bonds is 4. The first-order valence-electron chi connectivity index (χ1n) is 6.48. The number of halogens is 1. The normalized spacial score (nSPS) is 20.6. The van der Waals surface area contributed by atoms with E-state index in [1.54, 1.807) is 6.07 Å². The summed E-state index contributed by atoms with van der Waals surface area (Å²) in [5.74, 6) is -1.02. The van der Waals surface area contributed by atoms with E-state index in [1.807, 2.05) is 13.8 Å². The summed E-state index contributed by atoms with van der Waals surface area (Å²) in [6.07, 6.45) is -0.801. The second-order valence-corrected chi connectivity index (χ2v) is 5.11. The van der Waals surface area contributed by atoms with Gasteiger partial charge in [0.1, 0.15) is 6.17 Å². The molecule has 7 heteroatoms. The molecule has 1 aliphatic rings. The minimum Gasteiger partial charge on any atom is -0.354 e. The molecule has 0 bridgehead atoms. The van der Waals surface area contributed by atoms with Crippen LogP contribution in [0.4, 0.5) is 10.2 Å². The van der Waals surface area contributed by atoms with Crippen LogP contribution in [-0.4, -0.2) is 35.2 Å². The second kappa shape index (κ2) is 5.52. The number of aromatic nitrogens is 2. The van der Waals surface area contributed by atoms with Crippen LogP contribution in [0.1, 0.15) is 45.1 Å². The van der Waals surface area contributed by atoms with Crippen molar-refractivity contribution in [3.8, 4) is 0 Å². The Morgan fingerprint density at radius 1 is 1.45 bits per heavy atom. The fourth-order valence-corrected chi connectivity index (χ4v) is 1.86. The van der Waals surface area contributed by atoms with Crippen molar-refractivity contribution in [3.05, 3.63) is 17.3 Å². The molecule has 1 saturated carbocycles. The molecule has 6 nitrogen and oxygen atoms in total. The molecule has 1 fully saturated rings. The summed E-state index contributed by atoms with van der Waals surface area (Å²) < 4.78 is 12.8. The molecular weight excluding hydrogens is 263 g/mol. The first kappa shape index (κ1) is 14.4. The molecule has 0 saturated heterocycles.